The molecule has 1 aromatic rings. The number of anilines is 2. The summed E-state index contributed by atoms with van der Waals surface area (Å²) in [6.07, 6.45) is 0. The average Bonchev–Trinajstić information content (AvgIpc) is 2.09. The van der Waals surface area contributed by atoms with Crippen LogP contribution in [0.3, 0.4) is 0 Å². The highest BCUT2D eigenvalue weighted by atomic mass is 35.5. The first-order valence-corrected chi connectivity index (χ1v) is 4.79. The zero-order chi connectivity index (χ0) is 11.4. The van der Waals surface area contributed by atoms with Crippen molar-refractivity contribution in [1.29, 1.82) is 0 Å². The fraction of sp³-hybridized carbons (Fsp3) is 0.111. The fourth-order valence-electron chi connectivity index (χ4n) is 1.14. The summed E-state index contributed by atoms with van der Waals surface area (Å²) in [6, 6.07) is 5.10. The number of rotatable bonds is 2. The predicted octanol–water partition coefficient (Wildman–Crippen LogP) is 3.54. The molecule has 2 amide bonds. The van der Waals surface area contributed by atoms with Crippen molar-refractivity contribution in [2.75, 3.05) is 10.6 Å². The molecular formula is C9H8Cl2N2O2. The Morgan fingerprint density at radius 3 is 2.27 bits per heavy atom. The van der Waals surface area contributed by atoms with Crippen LogP contribution in [0.25, 0.3) is 0 Å². The minimum Gasteiger partial charge on any atom is -0.311 e. The maximum Gasteiger partial charge on any atom is 0.318 e. The summed E-state index contributed by atoms with van der Waals surface area (Å²) in [4.78, 5) is 21.4. The van der Waals surface area contributed by atoms with Gasteiger partial charge in [0.2, 0.25) is 0 Å². The van der Waals surface area contributed by atoms with E-state index in [2.05, 4.69) is 10.6 Å². The Balaban J connectivity index is 3.08. The molecule has 0 radical (unpaired) electrons. The van der Waals surface area contributed by atoms with Crippen LogP contribution in [-0.2, 0) is 0 Å². The van der Waals surface area contributed by atoms with Gasteiger partial charge >= 0.3 is 10.7 Å². The van der Waals surface area contributed by atoms with E-state index in [0.717, 1.165) is 5.56 Å². The normalized spacial score (nSPS) is 9.53. The first-order chi connectivity index (χ1) is 7.00. The van der Waals surface area contributed by atoms with Crippen molar-refractivity contribution in [2.24, 2.45) is 0 Å². The monoisotopic (exact) mass is 246 g/mol. The SMILES string of the molecule is Cc1cccc(NC(=O)Cl)c1NC(=O)Cl. The maximum atomic E-state index is 10.7. The highest BCUT2D eigenvalue weighted by Gasteiger charge is 2.09. The number of benzene rings is 1. The molecule has 1 aromatic carbocycles. The van der Waals surface area contributed by atoms with Crippen molar-refractivity contribution in [3.8, 4) is 0 Å². The number of para-hydroxylation sites is 1. The van der Waals surface area contributed by atoms with E-state index in [-0.39, 0.29) is 0 Å². The molecule has 0 fully saturated rings. The molecule has 0 aromatic heterocycles. The third kappa shape index (κ3) is 3.42. The molecule has 0 aliphatic rings. The lowest BCUT2D eigenvalue weighted by Gasteiger charge is -2.11. The van der Waals surface area contributed by atoms with Crippen LogP contribution in [0.15, 0.2) is 18.2 Å². The minimum absolute atomic E-state index is 0.406. The van der Waals surface area contributed by atoms with E-state index in [9.17, 15) is 9.59 Å². The van der Waals surface area contributed by atoms with Gasteiger partial charge in [0.15, 0.2) is 0 Å². The highest BCUT2D eigenvalue weighted by Crippen LogP contribution is 2.26. The van der Waals surface area contributed by atoms with Gasteiger partial charge in [-0.05, 0) is 41.8 Å². The second-order valence-corrected chi connectivity index (χ2v) is 3.48. The Morgan fingerprint density at radius 2 is 1.73 bits per heavy atom. The summed E-state index contributed by atoms with van der Waals surface area (Å²) < 4.78 is 0. The van der Waals surface area contributed by atoms with Gasteiger partial charge in [0, 0.05) is 0 Å². The van der Waals surface area contributed by atoms with Crippen LogP contribution in [0.4, 0.5) is 21.0 Å². The third-order valence-corrected chi connectivity index (χ3v) is 1.92. The summed E-state index contributed by atoms with van der Waals surface area (Å²) in [5.74, 6) is 0. The van der Waals surface area contributed by atoms with Gasteiger partial charge in [0.05, 0.1) is 11.4 Å². The quantitative estimate of drug-likeness (QED) is 0.620. The van der Waals surface area contributed by atoms with Gasteiger partial charge in [-0.15, -0.1) is 0 Å². The van der Waals surface area contributed by atoms with Gasteiger partial charge in [0.1, 0.15) is 0 Å². The van der Waals surface area contributed by atoms with Crippen LogP contribution in [0.2, 0.25) is 0 Å². The standard InChI is InChI=1S/C9H8Cl2N2O2/c1-5-3-2-4-6(12-8(10)14)7(5)13-9(11)15/h2-4H,1H3,(H,12,14)(H,13,15). The topological polar surface area (TPSA) is 58.2 Å². The zero-order valence-corrected chi connectivity index (χ0v) is 9.32. The first kappa shape index (κ1) is 11.8. The molecule has 0 aliphatic heterocycles. The molecule has 4 nitrogen and oxygen atoms in total. The number of hydrogen-bond donors (Lipinski definition) is 2. The van der Waals surface area contributed by atoms with Crippen molar-refractivity contribution in [1.82, 2.24) is 0 Å². The Labute approximate surface area is 96.6 Å². The summed E-state index contributed by atoms with van der Waals surface area (Å²) in [7, 11) is 0. The molecule has 2 N–H and O–H groups in total. The average molecular weight is 247 g/mol. The van der Waals surface area contributed by atoms with Crippen molar-refractivity contribution >= 4 is 45.3 Å². The van der Waals surface area contributed by atoms with Gasteiger partial charge in [-0.25, -0.2) is 0 Å². The van der Waals surface area contributed by atoms with Crippen molar-refractivity contribution in [3.05, 3.63) is 23.8 Å². The second kappa shape index (κ2) is 5.00. The van der Waals surface area contributed by atoms with Gasteiger partial charge in [-0.1, -0.05) is 12.1 Å². The van der Waals surface area contributed by atoms with Crippen LogP contribution >= 0.6 is 23.2 Å². The van der Waals surface area contributed by atoms with Gasteiger partial charge < -0.3 is 10.6 Å². The molecular weight excluding hydrogens is 239 g/mol. The van der Waals surface area contributed by atoms with E-state index >= 15 is 0 Å². The molecule has 0 saturated carbocycles. The number of halogens is 2. The van der Waals surface area contributed by atoms with E-state index in [4.69, 9.17) is 23.2 Å². The lowest BCUT2D eigenvalue weighted by molar-refractivity contribution is 0.268. The number of aryl methyl sites for hydroxylation is 1. The lowest BCUT2D eigenvalue weighted by Crippen LogP contribution is -2.09. The van der Waals surface area contributed by atoms with Crippen LogP contribution in [-0.4, -0.2) is 10.7 Å². The molecule has 1 rings (SSSR count). The summed E-state index contributed by atoms with van der Waals surface area (Å²) in [5.41, 5.74) is 1.61. The molecule has 0 spiro atoms. The molecule has 0 bridgehead atoms. The molecule has 0 heterocycles. The predicted molar refractivity (Wildman–Crippen MR) is 60.9 cm³/mol. The smallest absolute Gasteiger partial charge is 0.311 e. The fourth-order valence-corrected chi connectivity index (χ4v) is 1.34. The van der Waals surface area contributed by atoms with E-state index < -0.39 is 10.7 Å². The molecule has 0 unspecified atom stereocenters. The second-order valence-electron chi connectivity index (χ2n) is 2.79. The number of nitrogens with one attached hydrogen (secondary N) is 2. The number of amides is 2. The zero-order valence-electron chi connectivity index (χ0n) is 7.80. The largest absolute Gasteiger partial charge is 0.318 e. The Kier molecular flexibility index (Phi) is 3.94. The van der Waals surface area contributed by atoms with E-state index in [1.54, 1.807) is 25.1 Å². The van der Waals surface area contributed by atoms with Gasteiger partial charge in [-0.3, -0.25) is 9.59 Å². The van der Waals surface area contributed by atoms with Crippen molar-refractivity contribution in [3.63, 3.8) is 0 Å². The summed E-state index contributed by atoms with van der Waals surface area (Å²) in [5, 5.41) is 3.31. The molecule has 0 saturated heterocycles. The Hall–Kier alpha value is -1.26. The van der Waals surface area contributed by atoms with Crippen molar-refractivity contribution in [2.45, 2.75) is 6.92 Å². The molecule has 80 valence electrons. The third-order valence-electron chi connectivity index (χ3n) is 1.73. The van der Waals surface area contributed by atoms with Gasteiger partial charge in [-0.2, -0.15) is 0 Å². The maximum absolute atomic E-state index is 10.7. The highest BCUT2D eigenvalue weighted by molar-refractivity contribution is 6.66. The van der Waals surface area contributed by atoms with Gasteiger partial charge in [0.25, 0.3) is 0 Å². The van der Waals surface area contributed by atoms with Crippen LogP contribution < -0.4 is 10.6 Å². The van der Waals surface area contributed by atoms with E-state index in [1.165, 1.54) is 0 Å². The molecule has 0 atom stereocenters. The lowest BCUT2D eigenvalue weighted by atomic mass is 10.1. The number of carbonyl (C=O) groups is 2. The number of carbonyl (C=O) groups excluding carboxylic acids is 2. The molecule has 15 heavy (non-hydrogen) atoms. The minimum atomic E-state index is -0.731. The molecule has 0 aliphatic carbocycles. The summed E-state index contributed by atoms with van der Waals surface area (Å²) >= 11 is 10.4. The first-order valence-electron chi connectivity index (χ1n) is 4.03. The van der Waals surface area contributed by atoms with Crippen LogP contribution in [0.1, 0.15) is 5.56 Å². The Morgan fingerprint density at radius 1 is 1.13 bits per heavy atom. The van der Waals surface area contributed by atoms with Crippen LogP contribution in [0.5, 0.6) is 0 Å². The van der Waals surface area contributed by atoms with Crippen LogP contribution in [0, 0.1) is 6.92 Å². The van der Waals surface area contributed by atoms with E-state index in [0.29, 0.717) is 11.4 Å². The number of hydrogen-bond acceptors (Lipinski definition) is 2. The van der Waals surface area contributed by atoms with Crippen molar-refractivity contribution < 1.29 is 9.59 Å². The molecule has 6 heteroatoms. The summed E-state index contributed by atoms with van der Waals surface area (Å²) in [6.45, 7) is 1.77. The Bertz CT molecular complexity index is 407. The van der Waals surface area contributed by atoms with E-state index in [1.807, 2.05) is 0 Å².